The third-order valence-electron chi connectivity index (χ3n) is 4.66. The van der Waals surface area contributed by atoms with E-state index in [0.717, 1.165) is 25.1 Å². The number of methoxy groups -OCH3 is 2. The first-order valence-electron chi connectivity index (χ1n) is 7.98. The van der Waals surface area contributed by atoms with Crippen molar-refractivity contribution in [3.05, 3.63) is 47.7 Å². The molecule has 1 fully saturated rings. The van der Waals surface area contributed by atoms with Crippen molar-refractivity contribution < 1.29 is 14.3 Å². The summed E-state index contributed by atoms with van der Waals surface area (Å²) in [6, 6.07) is 11.5. The molecular weight excluding hydrogens is 306 g/mol. The average Bonchev–Trinajstić information content (AvgIpc) is 2.61. The Kier molecular flexibility index (Phi) is 4.64. The minimum atomic E-state index is -0.487. The van der Waals surface area contributed by atoms with Gasteiger partial charge < -0.3 is 14.8 Å². The van der Waals surface area contributed by atoms with Gasteiger partial charge in [-0.1, -0.05) is 24.6 Å². The Morgan fingerprint density at radius 1 is 1.17 bits per heavy atom. The number of benzene rings is 1. The number of carbonyl (C=O) groups excluding carboxylic acids is 1. The molecule has 1 aromatic carbocycles. The van der Waals surface area contributed by atoms with Crippen LogP contribution in [0.3, 0.4) is 0 Å². The Bertz CT molecular complexity index is 712. The van der Waals surface area contributed by atoms with Crippen molar-refractivity contribution >= 4 is 11.8 Å². The lowest BCUT2D eigenvalue weighted by Crippen LogP contribution is -2.41. The van der Waals surface area contributed by atoms with E-state index >= 15 is 0 Å². The molecule has 6 nitrogen and oxygen atoms in total. The molecule has 0 atom stereocenters. The highest BCUT2D eigenvalue weighted by Crippen LogP contribution is 2.47. The van der Waals surface area contributed by atoms with E-state index in [1.807, 2.05) is 18.2 Å². The van der Waals surface area contributed by atoms with Crippen molar-refractivity contribution in [1.29, 1.82) is 0 Å². The van der Waals surface area contributed by atoms with E-state index in [1.54, 1.807) is 19.2 Å². The van der Waals surface area contributed by atoms with Crippen LogP contribution in [-0.4, -0.2) is 36.9 Å². The molecule has 1 aliphatic rings. The Balaban J connectivity index is 1.73. The van der Waals surface area contributed by atoms with Gasteiger partial charge in [-0.25, -0.2) is 4.79 Å². The molecule has 0 aliphatic heterocycles. The highest BCUT2D eigenvalue weighted by molar-refractivity contribution is 5.86. The maximum Gasteiger partial charge on any atom is 0.358 e. The second-order valence-corrected chi connectivity index (χ2v) is 5.98. The molecule has 6 heteroatoms. The predicted molar refractivity (Wildman–Crippen MR) is 90.4 cm³/mol. The molecular formula is C18H21N3O3. The van der Waals surface area contributed by atoms with Crippen LogP contribution in [0.1, 0.15) is 35.3 Å². The van der Waals surface area contributed by atoms with Gasteiger partial charge in [-0.05, 0) is 31.0 Å². The van der Waals surface area contributed by atoms with Gasteiger partial charge in [0.05, 0.1) is 14.2 Å². The van der Waals surface area contributed by atoms with Gasteiger partial charge >= 0.3 is 5.97 Å². The number of nitrogens with zero attached hydrogens (tertiary/aromatic N) is 2. The van der Waals surface area contributed by atoms with Crippen LogP contribution in [0.4, 0.5) is 5.82 Å². The number of ether oxygens (including phenoxy) is 2. The summed E-state index contributed by atoms with van der Waals surface area (Å²) < 4.78 is 10.2. The van der Waals surface area contributed by atoms with Gasteiger partial charge in [0, 0.05) is 17.5 Å². The lowest BCUT2D eigenvalue weighted by Gasteiger charge is -2.43. The summed E-state index contributed by atoms with van der Waals surface area (Å²) in [6.07, 6.45) is 3.41. The van der Waals surface area contributed by atoms with Gasteiger partial charge in [-0.3, -0.25) is 0 Å². The zero-order valence-electron chi connectivity index (χ0n) is 13.9. The highest BCUT2D eigenvalue weighted by Gasteiger charge is 2.40. The van der Waals surface area contributed by atoms with Crippen LogP contribution in [0.25, 0.3) is 0 Å². The Hall–Kier alpha value is -2.63. The van der Waals surface area contributed by atoms with Gasteiger partial charge in [0.15, 0.2) is 5.69 Å². The summed E-state index contributed by atoms with van der Waals surface area (Å²) in [5, 5.41) is 11.3. The molecule has 24 heavy (non-hydrogen) atoms. The van der Waals surface area contributed by atoms with Crippen molar-refractivity contribution in [3.8, 4) is 5.75 Å². The minimum absolute atomic E-state index is 0.0509. The first kappa shape index (κ1) is 16.2. The predicted octanol–water partition coefficient (Wildman–Crippen LogP) is 2.81. The molecule has 1 saturated carbocycles. The second-order valence-electron chi connectivity index (χ2n) is 5.98. The monoisotopic (exact) mass is 327 g/mol. The Morgan fingerprint density at radius 3 is 2.54 bits per heavy atom. The second kappa shape index (κ2) is 6.86. The molecule has 3 rings (SSSR count). The molecule has 1 heterocycles. The van der Waals surface area contributed by atoms with Crippen LogP contribution in [0, 0.1) is 0 Å². The van der Waals surface area contributed by atoms with Crippen LogP contribution in [0.2, 0.25) is 0 Å². The van der Waals surface area contributed by atoms with Gasteiger partial charge in [-0.15, -0.1) is 10.2 Å². The number of aromatic nitrogens is 2. The van der Waals surface area contributed by atoms with Crippen molar-refractivity contribution in [2.75, 3.05) is 26.1 Å². The van der Waals surface area contributed by atoms with Gasteiger partial charge in [0.2, 0.25) is 0 Å². The largest absolute Gasteiger partial charge is 0.496 e. The quantitative estimate of drug-likeness (QED) is 0.823. The molecule has 0 saturated heterocycles. The smallest absolute Gasteiger partial charge is 0.358 e. The number of carbonyl (C=O) groups is 1. The van der Waals surface area contributed by atoms with Crippen molar-refractivity contribution in [2.24, 2.45) is 0 Å². The molecule has 1 N–H and O–H groups in total. The fourth-order valence-electron chi connectivity index (χ4n) is 3.13. The molecule has 0 radical (unpaired) electrons. The zero-order valence-corrected chi connectivity index (χ0v) is 13.9. The summed E-state index contributed by atoms with van der Waals surface area (Å²) in [4.78, 5) is 11.4. The standard InChI is InChI=1S/C18H21N3O3/c1-23-15-7-4-3-6-13(15)18(10-5-11-18)12-19-16-9-8-14(20-21-16)17(22)24-2/h3-4,6-9H,5,10-12H2,1-2H3,(H,19,21). The molecule has 0 amide bonds. The third-order valence-corrected chi connectivity index (χ3v) is 4.66. The fraction of sp³-hybridized carbons (Fsp3) is 0.389. The van der Waals surface area contributed by atoms with E-state index in [1.165, 1.54) is 19.1 Å². The molecule has 1 aromatic heterocycles. The average molecular weight is 327 g/mol. The van der Waals surface area contributed by atoms with Crippen molar-refractivity contribution in [1.82, 2.24) is 10.2 Å². The first-order chi connectivity index (χ1) is 11.7. The van der Waals surface area contributed by atoms with E-state index in [-0.39, 0.29) is 11.1 Å². The summed E-state index contributed by atoms with van der Waals surface area (Å²) >= 11 is 0. The number of hydrogen-bond acceptors (Lipinski definition) is 6. The van der Waals surface area contributed by atoms with E-state index in [2.05, 4.69) is 26.3 Å². The molecule has 1 aliphatic carbocycles. The Labute approximate surface area is 141 Å². The topological polar surface area (TPSA) is 73.3 Å². The number of esters is 1. The van der Waals surface area contributed by atoms with Gasteiger partial charge in [0.25, 0.3) is 0 Å². The first-order valence-corrected chi connectivity index (χ1v) is 7.98. The van der Waals surface area contributed by atoms with Crippen LogP contribution in [0.15, 0.2) is 36.4 Å². The number of hydrogen-bond donors (Lipinski definition) is 1. The van der Waals surface area contributed by atoms with Crippen LogP contribution in [0.5, 0.6) is 5.75 Å². The molecule has 0 spiro atoms. The normalized spacial score (nSPS) is 15.2. The van der Waals surface area contributed by atoms with Crippen molar-refractivity contribution in [3.63, 3.8) is 0 Å². The molecule has 2 aromatic rings. The van der Waals surface area contributed by atoms with E-state index in [9.17, 15) is 4.79 Å². The highest BCUT2D eigenvalue weighted by atomic mass is 16.5. The van der Waals surface area contributed by atoms with Gasteiger partial charge in [-0.2, -0.15) is 0 Å². The lowest BCUT2D eigenvalue weighted by molar-refractivity contribution is 0.0592. The third kappa shape index (κ3) is 3.04. The summed E-state index contributed by atoms with van der Waals surface area (Å²) in [5.74, 6) is 1.08. The van der Waals surface area contributed by atoms with Crippen LogP contribution < -0.4 is 10.1 Å². The maximum atomic E-state index is 11.4. The molecule has 126 valence electrons. The minimum Gasteiger partial charge on any atom is -0.496 e. The fourth-order valence-corrected chi connectivity index (χ4v) is 3.13. The summed E-state index contributed by atoms with van der Waals surface area (Å²) in [7, 11) is 3.03. The molecule has 0 unspecified atom stereocenters. The van der Waals surface area contributed by atoms with Gasteiger partial charge in [0.1, 0.15) is 11.6 Å². The zero-order chi connectivity index (χ0) is 17.0. The number of nitrogens with one attached hydrogen (secondary N) is 1. The SMILES string of the molecule is COC(=O)c1ccc(NCC2(c3ccccc3OC)CCC2)nn1. The van der Waals surface area contributed by atoms with E-state index < -0.39 is 5.97 Å². The molecule has 0 bridgehead atoms. The summed E-state index contributed by atoms with van der Waals surface area (Å²) in [6.45, 7) is 0.750. The van der Waals surface area contributed by atoms with E-state index in [4.69, 9.17) is 4.74 Å². The van der Waals surface area contributed by atoms with E-state index in [0.29, 0.717) is 5.82 Å². The number of rotatable bonds is 6. The maximum absolute atomic E-state index is 11.4. The summed E-state index contributed by atoms with van der Waals surface area (Å²) in [5.41, 5.74) is 1.48. The van der Waals surface area contributed by atoms with Crippen molar-refractivity contribution in [2.45, 2.75) is 24.7 Å². The lowest BCUT2D eigenvalue weighted by atomic mass is 9.64. The Morgan fingerprint density at radius 2 is 1.96 bits per heavy atom. The number of para-hydroxylation sites is 1. The van der Waals surface area contributed by atoms with Crippen LogP contribution in [-0.2, 0) is 10.2 Å². The van der Waals surface area contributed by atoms with Crippen LogP contribution >= 0.6 is 0 Å². The number of anilines is 1.